The van der Waals surface area contributed by atoms with Crippen molar-refractivity contribution in [2.24, 2.45) is 11.8 Å². The van der Waals surface area contributed by atoms with Crippen molar-refractivity contribution in [2.75, 3.05) is 5.75 Å². The molecular formula is C32H41N2O3PS. The molecule has 208 valence electrons. The summed E-state index contributed by atoms with van der Waals surface area (Å²) in [6, 6.07) is 27.6. The van der Waals surface area contributed by atoms with E-state index in [-0.39, 0.29) is 23.6 Å². The van der Waals surface area contributed by atoms with E-state index in [1.54, 1.807) is 0 Å². The number of hydrogen-bond donors (Lipinski definition) is 2. The van der Waals surface area contributed by atoms with Crippen LogP contribution in [-0.4, -0.2) is 32.2 Å². The molecule has 0 heterocycles. The van der Waals surface area contributed by atoms with Crippen LogP contribution in [0.4, 0.5) is 0 Å². The van der Waals surface area contributed by atoms with Gasteiger partial charge in [0.05, 0.1) is 5.75 Å². The normalized spacial score (nSPS) is 16.2. The maximum atomic E-state index is 13.8. The highest BCUT2D eigenvalue weighted by atomic mass is 32.2. The second kappa shape index (κ2) is 13.7. The number of sulfonamides is 1. The first-order chi connectivity index (χ1) is 18.7. The monoisotopic (exact) mass is 564 g/mol. The molecule has 7 heteroatoms. The fourth-order valence-corrected chi connectivity index (χ4v) is 9.63. The Morgan fingerprint density at radius 1 is 0.821 bits per heavy atom. The second-order valence-corrected chi connectivity index (χ2v) is 14.9. The summed E-state index contributed by atoms with van der Waals surface area (Å²) in [6.45, 7) is 5.89. The molecule has 0 bridgehead atoms. The van der Waals surface area contributed by atoms with Gasteiger partial charge in [0, 0.05) is 17.6 Å². The molecule has 39 heavy (non-hydrogen) atoms. The summed E-state index contributed by atoms with van der Waals surface area (Å²) in [5, 5.41) is 6.36. The Morgan fingerprint density at radius 2 is 1.36 bits per heavy atom. The molecule has 3 aromatic carbocycles. The van der Waals surface area contributed by atoms with Gasteiger partial charge in [0.15, 0.2) is 0 Å². The fourth-order valence-electron chi connectivity index (χ4n) is 5.39. The zero-order valence-corrected chi connectivity index (χ0v) is 24.9. The Balaban J connectivity index is 1.56. The van der Waals surface area contributed by atoms with E-state index in [1.807, 2.05) is 81.4 Å². The lowest BCUT2D eigenvalue weighted by molar-refractivity contribution is 0.0932. The van der Waals surface area contributed by atoms with E-state index < -0.39 is 24.0 Å². The fraction of sp³-hybridized carbons (Fsp3) is 0.406. The first kappa shape index (κ1) is 29.5. The van der Waals surface area contributed by atoms with Crippen molar-refractivity contribution in [1.82, 2.24) is 10.0 Å². The lowest BCUT2D eigenvalue weighted by Gasteiger charge is -2.29. The predicted molar refractivity (Wildman–Crippen MR) is 164 cm³/mol. The molecule has 0 spiro atoms. The third-order valence-electron chi connectivity index (χ3n) is 7.66. The van der Waals surface area contributed by atoms with Gasteiger partial charge < -0.3 is 5.32 Å². The molecule has 4 rings (SSSR count). The molecule has 1 saturated carbocycles. The van der Waals surface area contributed by atoms with Crippen molar-refractivity contribution >= 4 is 39.8 Å². The van der Waals surface area contributed by atoms with Crippen molar-refractivity contribution in [3.63, 3.8) is 0 Å². The number of nitrogens with one attached hydrogen (secondary N) is 2. The van der Waals surface area contributed by atoms with E-state index in [2.05, 4.69) is 34.3 Å². The summed E-state index contributed by atoms with van der Waals surface area (Å²) in [5.74, 6) is -0.0452. The molecule has 0 radical (unpaired) electrons. The zero-order valence-electron chi connectivity index (χ0n) is 23.2. The molecule has 0 aromatic heterocycles. The third-order valence-corrected chi connectivity index (χ3v) is 11.7. The van der Waals surface area contributed by atoms with Gasteiger partial charge in [0.25, 0.3) is 5.91 Å². The Morgan fingerprint density at radius 3 is 1.92 bits per heavy atom. The van der Waals surface area contributed by atoms with Gasteiger partial charge >= 0.3 is 0 Å². The summed E-state index contributed by atoms with van der Waals surface area (Å²) >= 11 is 0. The second-order valence-electron chi connectivity index (χ2n) is 10.9. The predicted octanol–water partition coefficient (Wildman–Crippen LogP) is 5.09. The van der Waals surface area contributed by atoms with Crippen LogP contribution in [0.1, 0.15) is 63.2 Å². The highest BCUT2D eigenvalue weighted by Crippen LogP contribution is 2.34. The average molecular weight is 565 g/mol. The Labute approximate surface area is 235 Å². The van der Waals surface area contributed by atoms with Crippen LogP contribution >= 0.6 is 7.92 Å². The minimum Gasteiger partial charge on any atom is -0.348 e. The molecule has 0 saturated heterocycles. The number of carbonyl (C=O) groups is 1. The number of rotatable bonds is 11. The average Bonchev–Trinajstić information content (AvgIpc) is 2.94. The van der Waals surface area contributed by atoms with Gasteiger partial charge in [-0.15, -0.1) is 0 Å². The maximum absolute atomic E-state index is 13.8. The van der Waals surface area contributed by atoms with Crippen molar-refractivity contribution < 1.29 is 13.2 Å². The van der Waals surface area contributed by atoms with Crippen molar-refractivity contribution in [2.45, 2.75) is 65.0 Å². The van der Waals surface area contributed by atoms with Crippen LogP contribution in [0.2, 0.25) is 0 Å². The molecule has 2 N–H and O–H groups in total. The molecule has 1 fully saturated rings. The third kappa shape index (κ3) is 8.00. The van der Waals surface area contributed by atoms with Crippen LogP contribution in [0.15, 0.2) is 84.9 Å². The molecule has 5 nitrogen and oxygen atoms in total. The SMILES string of the molecule is CC(C)[C@@H](CS(=O)(=O)N[C@@H](C)C1CCCCC1)NC(=O)c1ccccc1P(c1ccccc1)c1ccccc1. The van der Waals surface area contributed by atoms with Crippen LogP contribution < -0.4 is 26.0 Å². The summed E-state index contributed by atoms with van der Waals surface area (Å²) in [5.41, 5.74) is 0.586. The van der Waals surface area contributed by atoms with Gasteiger partial charge in [-0.25, -0.2) is 13.1 Å². The van der Waals surface area contributed by atoms with Gasteiger partial charge in [0.2, 0.25) is 10.0 Å². The summed E-state index contributed by atoms with van der Waals surface area (Å²) in [6.07, 6.45) is 5.69. The van der Waals surface area contributed by atoms with E-state index in [9.17, 15) is 13.2 Å². The molecule has 1 aliphatic rings. The van der Waals surface area contributed by atoms with Crippen LogP contribution in [0, 0.1) is 11.8 Å². The topological polar surface area (TPSA) is 75.3 Å². The summed E-state index contributed by atoms with van der Waals surface area (Å²) in [7, 11) is -4.55. The van der Waals surface area contributed by atoms with Crippen molar-refractivity contribution in [1.29, 1.82) is 0 Å². The van der Waals surface area contributed by atoms with Gasteiger partial charge in [0.1, 0.15) is 0 Å². The zero-order chi connectivity index (χ0) is 27.8. The lowest BCUT2D eigenvalue weighted by atomic mass is 9.85. The van der Waals surface area contributed by atoms with Crippen LogP contribution in [0.3, 0.4) is 0 Å². The van der Waals surface area contributed by atoms with Gasteiger partial charge in [-0.1, -0.05) is 112 Å². The lowest BCUT2D eigenvalue weighted by Crippen LogP contribution is -2.49. The number of hydrogen-bond acceptors (Lipinski definition) is 3. The molecule has 1 amide bonds. The highest BCUT2D eigenvalue weighted by Gasteiger charge is 2.29. The molecule has 3 aromatic rings. The Bertz CT molecular complexity index is 1270. The first-order valence-electron chi connectivity index (χ1n) is 14.1. The Kier molecular flexibility index (Phi) is 10.3. The standard InChI is InChI=1S/C32H41N2O3PS/c1-24(2)30(23-39(36,37)34-25(3)26-15-7-4-8-16-26)33-32(35)29-21-13-14-22-31(29)38(27-17-9-5-10-18-27)28-19-11-6-12-20-28/h5-6,9-14,17-22,24-26,30,34H,4,7-8,15-16,23H2,1-3H3,(H,33,35)/t25-,30+/m0/s1. The van der Waals surface area contributed by atoms with Gasteiger partial charge in [-0.05, 0) is 61.5 Å². The number of benzene rings is 3. The van der Waals surface area contributed by atoms with Gasteiger partial charge in [-0.3, -0.25) is 4.79 Å². The number of carbonyl (C=O) groups excluding carboxylic acids is 1. The molecule has 0 aliphatic heterocycles. The highest BCUT2D eigenvalue weighted by molar-refractivity contribution is 7.89. The quantitative estimate of drug-likeness (QED) is 0.319. The van der Waals surface area contributed by atoms with E-state index in [0.717, 1.165) is 41.6 Å². The van der Waals surface area contributed by atoms with Crippen molar-refractivity contribution in [3.8, 4) is 0 Å². The molecular weight excluding hydrogens is 523 g/mol. The van der Waals surface area contributed by atoms with Crippen LogP contribution in [-0.2, 0) is 10.0 Å². The number of amides is 1. The minimum absolute atomic E-state index is 0.0487. The maximum Gasteiger partial charge on any atom is 0.252 e. The smallest absolute Gasteiger partial charge is 0.252 e. The summed E-state index contributed by atoms with van der Waals surface area (Å²) < 4.78 is 29.3. The Hall–Kier alpha value is -2.53. The molecule has 2 atom stereocenters. The van der Waals surface area contributed by atoms with E-state index in [0.29, 0.717) is 11.5 Å². The van der Waals surface area contributed by atoms with E-state index >= 15 is 0 Å². The largest absolute Gasteiger partial charge is 0.348 e. The van der Waals surface area contributed by atoms with Crippen molar-refractivity contribution in [3.05, 3.63) is 90.5 Å². The minimum atomic E-state index is -3.58. The molecule has 0 unspecified atom stereocenters. The van der Waals surface area contributed by atoms with E-state index in [4.69, 9.17) is 0 Å². The van der Waals surface area contributed by atoms with Crippen LogP contribution in [0.25, 0.3) is 0 Å². The summed E-state index contributed by atoms with van der Waals surface area (Å²) in [4.78, 5) is 13.8. The molecule has 1 aliphatic carbocycles. The first-order valence-corrected chi connectivity index (χ1v) is 17.0. The van der Waals surface area contributed by atoms with Gasteiger partial charge in [-0.2, -0.15) is 0 Å². The van der Waals surface area contributed by atoms with Crippen LogP contribution in [0.5, 0.6) is 0 Å². The van der Waals surface area contributed by atoms with E-state index in [1.165, 1.54) is 6.42 Å².